The molecule has 0 bridgehead atoms. The van der Waals surface area contributed by atoms with E-state index in [4.69, 9.17) is 11.6 Å². The monoisotopic (exact) mass is 280 g/mol. The first-order chi connectivity index (χ1) is 9.04. The third kappa shape index (κ3) is 4.48. The lowest BCUT2D eigenvalue weighted by atomic mass is 9.99. The van der Waals surface area contributed by atoms with Crippen LogP contribution in [0.1, 0.15) is 32.8 Å². The van der Waals surface area contributed by atoms with Crippen molar-refractivity contribution >= 4 is 11.6 Å². The van der Waals surface area contributed by atoms with E-state index in [9.17, 15) is 0 Å². The predicted molar refractivity (Wildman–Crippen MR) is 82.6 cm³/mol. The molecule has 1 aromatic rings. The third-order valence-corrected chi connectivity index (χ3v) is 4.05. The number of nitrogens with one attached hydrogen (secondary N) is 1. The third-order valence-electron chi connectivity index (χ3n) is 3.81. The van der Waals surface area contributed by atoms with E-state index in [1.54, 1.807) is 0 Å². The normalized spacial score (nSPS) is 24.9. The van der Waals surface area contributed by atoms with E-state index >= 15 is 0 Å². The van der Waals surface area contributed by atoms with Crippen LogP contribution in [0.15, 0.2) is 24.3 Å². The van der Waals surface area contributed by atoms with Crippen LogP contribution in [0.3, 0.4) is 0 Å². The Bertz CT molecular complexity index is 405. The highest BCUT2D eigenvalue weighted by Crippen LogP contribution is 2.18. The Morgan fingerprint density at radius 3 is 2.89 bits per heavy atom. The summed E-state index contributed by atoms with van der Waals surface area (Å²) in [7, 11) is 0. The van der Waals surface area contributed by atoms with Gasteiger partial charge in [-0.1, -0.05) is 37.6 Å². The molecule has 3 heteroatoms. The Kier molecular flexibility index (Phi) is 5.26. The summed E-state index contributed by atoms with van der Waals surface area (Å²) in [6.07, 6.45) is 1.25. The largest absolute Gasteiger partial charge is 0.311 e. The molecule has 1 aliphatic rings. The van der Waals surface area contributed by atoms with Crippen molar-refractivity contribution in [3.8, 4) is 0 Å². The average molecular weight is 281 g/mol. The SMILES string of the molecule is CC(C)CC1CN(Cc2cccc(Cl)c2)C(C)CN1. The number of piperazine rings is 1. The molecule has 1 fully saturated rings. The first kappa shape index (κ1) is 14.8. The van der Waals surface area contributed by atoms with Gasteiger partial charge in [0.05, 0.1) is 0 Å². The van der Waals surface area contributed by atoms with Gasteiger partial charge < -0.3 is 5.32 Å². The Morgan fingerprint density at radius 1 is 1.42 bits per heavy atom. The number of nitrogens with zero attached hydrogens (tertiary/aromatic N) is 1. The second-order valence-electron chi connectivity index (χ2n) is 6.14. The lowest BCUT2D eigenvalue weighted by Gasteiger charge is -2.39. The van der Waals surface area contributed by atoms with Crippen LogP contribution in [-0.4, -0.2) is 30.1 Å². The van der Waals surface area contributed by atoms with Gasteiger partial charge in [-0.2, -0.15) is 0 Å². The molecule has 1 saturated heterocycles. The van der Waals surface area contributed by atoms with Crippen LogP contribution < -0.4 is 5.32 Å². The molecule has 106 valence electrons. The van der Waals surface area contributed by atoms with Gasteiger partial charge in [-0.05, 0) is 37.0 Å². The van der Waals surface area contributed by atoms with Gasteiger partial charge in [0.15, 0.2) is 0 Å². The van der Waals surface area contributed by atoms with Gasteiger partial charge >= 0.3 is 0 Å². The fourth-order valence-corrected chi connectivity index (χ4v) is 3.02. The fraction of sp³-hybridized carbons (Fsp3) is 0.625. The van der Waals surface area contributed by atoms with E-state index in [0.717, 1.165) is 30.6 Å². The van der Waals surface area contributed by atoms with Gasteiger partial charge in [0.1, 0.15) is 0 Å². The number of hydrogen-bond acceptors (Lipinski definition) is 2. The summed E-state index contributed by atoms with van der Waals surface area (Å²) in [5.41, 5.74) is 1.31. The molecule has 19 heavy (non-hydrogen) atoms. The molecule has 2 rings (SSSR count). The van der Waals surface area contributed by atoms with E-state index in [2.05, 4.69) is 43.1 Å². The minimum atomic E-state index is 0.586. The Balaban J connectivity index is 1.97. The molecule has 0 aliphatic carbocycles. The number of halogens is 1. The molecule has 0 radical (unpaired) electrons. The van der Waals surface area contributed by atoms with Crippen LogP contribution in [0.4, 0.5) is 0 Å². The van der Waals surface area contributed by atoms with Crippen molar-refractivity contribution in [2.24, 2.45) is 5.92 Å². The van der Waals surface area contributed by atoms with Crippen LogP contribution in [0.25, 0.3) is 0 Å². The fourth-order valence-electron chi connectivity index (χ4n) is 2.81. The molecule has 2 unspecified atom stereocenters. The van der Waals surface area contributed by atoms with Crippen LogP contribution >= 0.6 is 11.6 Å². The molecule has 0 aromatic heterocycles. The summed E-state index contributed by atoms with van der Waals surface area (Å²) in [4.78, 5) is 2.56. The highest BCUT2D eigenvalue weighted by molar-refractivity contribution is 6.30. The second kappa shape index (κ2) is 6.74. The summed E-state index contributed by atoms with van der Waals surface area (Å²) in [5.74, 6) is 0.749. The molecule has 0 saturated carbocycles. The van der Waals surface area contributed by atoms with E-state index in [0.29, 0.717) is 12.1 Å². The van der Waals surface area contributed by atoms with Gasteiger partial charge in [-0.25, -0.2) is 0 Å². The zero-order valence-corrected chi connectivity index (χ0v) is 13.0. The zero-order valence-electron chi connectivity index (χ0n) is 12.2. The van der Waals surface area contributed by atoms with Crippen molar-refractivity contribution in [2.75, 3.05) is 13.1 Å². The summed E-state index contributed by atoms with van der Waals surface area (Å²) >= 11 is 6.07. The summed E-state index contributed by atoms with van der Waals surface area (Å²) < 4.78 is 0. The number of rotatable bonds is 4. The van der Waals surface area contributed by atoms with E-state index in [1.807, 2.05) is 12.1 Å². The molecule has 2 nitrogen and oxygen atoms in total. The topological polar surface area (TPSA) is 15.3 Å². The van der Waals surface area contributed by atoms with Gasteiger partial charge in [0.25, 0.3) is 0 Å². The first-order valence-corrected chi connectivity index (χ1v) is 7.64. The van der Waals surface area contributed by atoms with Gasteiger partial charge in [-0.3, -0.25) is 4.90 Å². The smallest absolute Gasteiger partial charge is 0.0409 e. The molecular formula is C16H25ClN2. The van der Waals surface area contributed by atoms with Crippen LogP contribution in [0, 0.1) is 5.92 Å². The van der Waals surface area contributed by atoms with Crippen molar-refractivity contribution in [3.05, 3.63) is 34.9 Å². The molecule has 0 spiro atoms. The zero-order chi connectivity index (χ0) is 13.8. The van der Waals surface area contributed by atoms with Crippen LogP contribution in [-0.2, 0) is 6.54 Å². The summed E-state index contributed by atoms with van der Waals surface area (Å²) in [5, 5.41) is 4.49. The maximum absolute atomic E-state index is 6.07. The highest BCUT2D eigenvalue weighted by atomic mass is 35.5. The Hall–Kier alpha value is -0.570. The van der Waals surface area contributed by atoms with Crippen LogP contribution in [0.5, 0.6) is 0 Å². The maximum Gasteiger partial charge on any atom is 0.0409 e. The average Bonchev–Trinajstić information content (AvgIpc) is 2.33. The van der Waals surface area contributed by atoms with E-state index in [-0.39, 0.29) is 0 Å². The molecular weight excluding hydrogens is 256 g/mol. The van der Waals surface area contributed by atoms with E-state index < -0.39 is 0 Å². The molecule has 1 heterocycles. The van der Waals surface area contributed by atoms with Gasteiger partial charge in [0, 0.05) is 36.7 Å². The van der Waals surface area contributed by atoms with Crippen molar-refractivity contribution in [2.45, 2.75) is 45.8 Å². The quantitative estimate of drug-likeness (QED) is 0.907. The summed E-state index contributed by atoms with van der Waals surface area (Å²) in [6, 6.07) is 9.42. The van der Waals surface area contributed by atoms with Gasteiger partial charge in [-0.15, -0.1) is 0 Å². The predicted octanol–water partition coefficient (Wildman–Crippen LogP) is 3.55. The minimum absolute atomic E-state index is 0.586. The van der Waals surface area contributed by atoms with Crippen molar-refractivity contribution in [1.29, 1.82) is 0 Å². The molecule has 2 atom stereocenters. The van der Waals surface area contributed by atoms with Crippen molar-refractivity contribution < 1.29 is 0 Å². The lowest BCUT2D eigenvalue weighted by molar-refractivity contribution is 0.125. The van der Waals surface area contributed by atoms with Gasteiger partial charge in [0.2, 0.25) is 0 Å². The van der Waals surface area contributed by atoms with Crippen molar-refractivity contribution in [1.82, 2.24) is 10.2 Å². The standard InChI is InChI=1S/C16H25ClN2/c1-12(2)7-16-11-19(13(3)9-18-16)10-14-5-4-6-15(17)8-14/h4-6,8,12-13,16,18H,7,9-11H2,1-3H3. The molecule has 1 aliphatic heterocycles. The number of hydrogen-bond donors (Lipinski definition) is 1. The Labute approximate surface area is 122 Å². The van der Waals surface area contributed by atoms with Crippen molar-refractivity contribution in [3.63, 3.8) is 0 Å². The molecule has 1 aromatic carbocycles. The maximum atomic E-state index is 6.07. The molecule has 0 amide bonds. The lowest BCUT2D eigenvalue weighted by Crippen LogP contribution is -2.55. The number of benzene rings is 1. The second-order valence-corrected chi connectivity index (χ2v) is 6.58. The Morgan fingerprint density at radius 2 is 2.21 bits per heavy atom. The summed E-state index contributed by atoms with van der Waals surface area (Å²) in [6.45, 7) is 10.1. The van der Waals surface area contributed by atoms with E-state index in [1.165, 1.54) is 12.0 Å². The van der Waals surface area contributed by atoms with Crippen LogP contribution in [0.2, 0.25) is 5.02 Å². The highest BCUT2D eigenvalue weighted by Gasteiger charge is 2.25. The first-order valence-electron chi connectivity index (χ1n) is 7.26. The minimum Gasteiger partial charge on any atom is -0.311 e. The molecule has 1 N–H and O–H groups in total.